The molecule has 1 atom stereocenters. The van der Waals surface area contributed by atoms with Gasteiger partial charge in [0, 0.05) is 12.3 Å². The normalized spacial score (nSPS) is 13.0. The standard InChI is InChI=1S/C14H14F3N7/c1-10(18-12-7-8-23(20-12)9-14(15,16)17)13-19-21-22-24(13)11-5-3-2-4-6-11/h2-8,10H,9H2,1H3,(H,18,20)/t10-/m1/s1. The second kappa shape index (κ2) is 6.30. The Morgan fingerprint density at radius 1 is 1.17 bits per heavy atom. The maximum atomic E-state index is 12.4. The number of nitrogens with zero attached hydrogens (tertiary/aromatic N) is 6. The maximum absolute atomic E-state index is 12.4. The molecular formula is C14H14F3N7. The Morgan fingerprint density at radius 3 is 2.62 bits per heavy atom. The van der Waals surface area contributed by atoms with Gasteiger partial charge in [0.05, 0.1) is 11.7 Å². The molecule has 2 aromatic heterocycles. The van der Waals surface area contributed by atoms with Crippen molar-refractivity contribution in [3.8, 4) is 5.69 Å². The molecule has 1 aromatic carbocycles. The number of hydrogen-bond acceptors (Lipinski definition) is 5. The molecule has 1 N–H and O–H groups in total. The van der Waals surface area contributed by atoms with E-state index in [1.807, 2.05) is 30.3 Å². The fraction of sp³-hybridized carbons (Fsp3) is 0.286. The number of aromatic nitrogens is 6. The van der Waals surface area contributed by atoms with E-state index in [-0.39, 0.29) is 6.04 Å². The molecule has 7 nitrogen and oxygen atoms in total. The Hall–Kier alpha value is -2.91. The number of para-hydroxylation sites is 1. The molecule has 0 bridgehead atoms. The molecular weight excluding hydrogens is 323 g/mol. The summed E-state index contributed by atoms with van der Waals surface area (Å²) in [7, 11) is 0. The highest BCUT2D eigenvalue weighted by Crippen LogP contribution is 2.20. The topological polar surface area (TPSA) is 73.5 Å². The molecule has 0 saturated carbocycles. The van der Waals surface area contributed by atoms with Crippen molar-refractivity contribution in [1.29, 1.82) is 0 Å². The van der Waals surface area contributed by atoms with Gasteiger partial charge in [-0.2, -0.15) is 23.0 Å². The van der Waals surface area contributed by atoms with Crippen molar-refractivity contribution >= 4 is 5.82 Å². The van der Waals surface area contributed by atoms with Crippen LogP contribution in [0.5, 0.6) is 0 Å². The van der Waals surface area contributed by atoms with Crippen molar-refractivity contribution in [3.63, 3.8) is 0 Å². The molecule has 0 unspecified atom stereocenters. The van der Waals surface area contributed by atoms with E-state index in [1.54, 1.807) is 11.6 Å². The lowest BCUT2D eigenvalue weighted by atomic mass is 10.3. The van der Waals surface area contributed by atoms with Gasteiger partial charge in [0.2, 0.25) is 0 Å². The Bertz CT molecular complexity index is 794. The van der Waals surface area contributed by atoms with Crippen LogP contribution in [0.1, 0.15) is 18.8 Å². The third-order valence-corrected chi connectivity index (χ3v) is 3.23. The Kier molecular flexibility index (Phi) is 4.19. The number of benzene rings is 1. The lowest BCUT2D eigenvalue weighted by molar-refractivity contribution is -0.142. The predicted octanol–water partition coefficient (Wildman–Crippen LogP) is 2.59. The Labute approximate surface area is 135 Å². The van der Waals surface area contributed by atoms with E-state index < -0.39 is 12.7 Å². The summed E-state index contributed by atoms with van der Waals surface area (Å²) in [5.41, 5.74) is 0.786. The molecule has 0 aliphatic rings. The minimum Gasteiger partial charge on any atom is -0.359 e. The van der Waals surface area contributed by atoms with Crippen molar-refractivity contribution in [3.05, 3.63) is 48.4 Å². The largest absolute Gasteiger partial charge is 0.408 e. The molecule has 0 aliphatic heterocycles. The molecule has 0 aliphatic carbocycles. The number of hydrogen-bond donors (Lipinski definition) is 1. The van der Waals surface area contributed by atoms with E-state index in [0.717, 1.165) is 10.4 Å². The van der Waals surface area contributed by atoms with Crippen LogP contribution in [0.4, 0.5) is 19.0 Å². The first-order valence-corrected chi connectivity index (χ1v) is 7.13. The lowest BCUT2D eigenvalue weighted by Crippen LogP contribution is -2.18. The molecule has 24 heavy (non-hydrogen) atoms. The summed E-state index contributed by atoms with van der Waals surface area (Å²) in [6.07, 6.45) is -3.05. The molecule has 0 spiro atoms. The monoisotopic (exact) mass is 337 g/mol. The summed E-state index contributed by atoms with van der Waals surface area (Å²) < 4.78 is 39.5. The van der Waals surface area contributed by atoms with Crippen LogP contribution in [0.3, 0.4) is 0 Å². The molecule has 0 fully saturated rings. The molecule has 0 radical (unpaired) electrons. The summed E-state index contributed by atoms with van der Waals surface area (Å²) >= 11 is 0. The number of nitrogens with one attached hydrogen (secondary N) is 1. The molecule has 2 heterocycles. The fourth-order valence-corrected chi connectivity index (χ4v) is 2.21. The van der Waals surface area contributed by atoms with Gasteiger partial charge in [-0.05, 0) is 29.5 Å². The van der Waals surface area contributed by atoms with Crippen molar-refractivity contribution in [2.45, 2.75) is 25.7 Å². The zero-order chi connectivity index (χ0) is 17.2. The minimum absolute atomic E-state index is 0.314. The van der Waals surface area contributed by atoms with E-state index in [9.17, 15) is 13.2 Å². The molecule has 10 heteroatoms. The fourth-order valence-electron chi connectivity index (χ4n) is 2.21. The van der Waals surface area contributed by atoms with Crippen LogP contribution >= 0.6 is 0 Å². The molecule has 0 amide bonds. The van der Waals surface area contributed by atoms with Crippen molar-refractivity contribution in [2.24, 2.45) is 0 Å². The van der Waals surface area contributed by atoms with E-state index in [2.05, 4.69) is 25.9 Å². The number of halogens is 3. The Balaban J connectivity index is 1.75. The van der Waals surface area contributed by atoms with Gasteiger partial charge < -0.3 is 5.32 Å². The van der Waals surface area contributed by atoms with Crippen LogP contribution in [-0.4, -0.2) is 36.2 Å². The third-order valence-electron chi connectivity index (χ3n) is 3.23. The average molecular weight is 337 g/mol. The second-order valence-electron chi connectivity index (χ2n) is 5.16. The van der Waals surface area contributed by atoms with Gasteiger partial charge in [-0.15, -0.1) is 5.10 Å². The number of alkyl halides is 3. The summed E-state index contributed by atoms with van der Waals surface area (Å²) in [4.78, 5) is 0. The smallest absolute Gasteiger partial charge is 0.359 e. The summed E-state index contributed by atoms with van der Waals surface area (Å²) in [5, 5.41) is 18.4. The van der Waals surface area contributed by atoms with Gasteiger partial charge >= 0.3 is 6.18 Å². The molecule has 3 rings (SSSR count). The predicted molar refractivity (Wildman–Crippen MR) is 79.5 cm³/mol. The highest BCUT2D eigenvalue weighted by Gasteiger charge is 2.28. The second-order valence-corrected chi connectivity index (χ2v) is 5.16. The highest BCUT2D eigenvalue weighted by atomic mass is 19.4. The zero-order valence-electron chi connectivity index (χ0n) is 12.6. The third kappa shape index (κ3) is 3.70. The van der Waals surface area contributed by atoms with Crippen LogP contribution in [0.15, 0.2) is 42.6 Å². The first-order valence-electron chi connectivity index (χ1n) is 7.13. The van der Waals surface area contributed by atoms with Gasteiger partial charge in [-0.3, -0.25) is 4.68 Å². The number of tetrazole rings is 1. The Morgan fingerprint density at radius 2 is 1.92 bits per heavy atom. The first-order chi connectivity index (χ1) is 11.4. The van der Waals surface area contributed by atoms with Gasteiger partial charge in [0.15, 0.2) is 5.82 Å². The summed E-state index contributed by atoms with van der Waals surface area (Å²) in [6, 6.07) is 10.4. The highest BCUT2D eigenvalue weighted by molar-refractivity contribution is 5.36. The van der Waals surface area contributed by atoms with Crippen LogP contribution < -0.4 is 5.32 Å². The van der Waals surface area contributed by atoms with Gasteiger partial charge in [0.1, 0.15) is 12.4 Å². The maximum Gasteiger partial charge on any atom is 0.408 e. The minimum atomic E-state index is -4.31. The summed E-state index contributed by atoms with van der Waals surface area (Å²) in [6.45, 7) is 0.665. The van der Waals surface area contributed by atoms with Crippen LogP contribution in [0.2, 0.25) is 0 Å². The molecule has 126 valence electrons. The van der Waals surface area contributed by atoms with Gasteiger partial charge in [-0.1, -0.05) is 18.2 Å². The van der Waals surface area contributed by atoms with E-state index in [0.29, 0.717) is 11.6 Å². The zero-order valence-corrected chi connectivity index (χ0v) is 12.6. The molecule has 0 saturated heterocycles. The summed E-state index contributed by atoms with van der Waals surface area (Å²) in [5.74, 6) is 0.834. The van der Waals surface area contributed by atoms with E-state index >= 15 is 0 Å². The van der Waals surface area contributed by atoms with Crippen molar-refractivity contribution < 1.29 is 13.2 Å². The van der Waals surface area contributed by atoms with Gasteiger partial charge in [0.25, 0.3) is 0 Å². The first kappa shape index (κ1) is 16.0. The number of rotatable bonds is 5. The van der Waals surface area contributed by atoms with Crippen molar-refractivity contribution in [2.75, 3.05) is 5.32 Å². The number of anilines is 1. The average Bonchev–Trinajstić information content (AvgIpc) is 3.16. The lowest BCUT2D eigenvalue weighted by Gasteiger charge is -2.13. The van der Waals surface area contributed by atoms with E-state index in [1.165, 1.54) is 12.3 Å². The van der Waals surface area contributed by atoms with Crippen LogP contribution in [0.25, 0.3) is 5.69 Å². The molecule has 3 aromatic rings. The van der Waals surface area contributed by atoms with Crippen molar-refractivity contribution in [1.82, 2.24) is 30.0 Å². The quantitative estimate of drug-likeness (QED) is 0.775. The SMILES string of the molecule is C[C@@H](Nc1ccn(CC(F)(F)F)n1)c1nnnn1-c1ccccc1. The van der Waals surface area contributed by atoms with Crippen LogP contribution in [0, 0.1) is 0 Å². The van der Waals surface area contributed by atoms with E-state index in [4.69, 9.17) is 0 Å². The van der Waals surface area contributed by atoms with Gasteiger partial charge in [-0.25, -0.2) is 0 Å². The van der Waals surface area contributed by atoms with Crippen LogP contribution in [-0.2, 0) is 6.54 Å².